The highest BCUT2D eigenvalue weighted by molar-refractivity contribution is 7.99. The summed E-state index contributed by atoms with van der Waals surface area (Å²) >= 11 is 1.93. The Balaban J connectivity index is 1.75. The molecule has 17 heavy (non-hydrogen) atoms. The molecule has 0 aromatic heterocycles. The van der Waals surface area contributed by atoms with Crippen molar-refractivity contribution in [2.45, 2.75) is 24.5 Å². The minimum Gasteiger partial charge on any atom is -0.493 e. The molecule has 1 aromatic carbocycles. The third-order valence-electron chi connectivity index (χ3n) is 3.32. The molecule has 0 aliphatic carbocycles. The van der Waals surface area contributed by atoms with Gasteiger partial charge in [-0.25, -0.2) is 0 Å². The maximum atomic E-state index is 5.67. The van der Waals surface area contributed by atoms with E-state index in [1.54, 1.807) is 0 Å². The second-order valence-electron chi connectivity index (χ2n) is 4.58. The van der Waals surface area contributed by atoms with Gasteiger partial charge in [0, 0.05) is 23.3 Å². The van der Waals surface area contributed by atoms with Gasteiger partial charge in [-0.05, 0) is 25.3 Å². The first-order chi connectivity index (χ1) is 8.31. The van der Waals surface area contributed by atoms with Crippen molar-refractivity contribution in [2.24, 2.45) is 0 Å². The van der Waals surface area contributed by atoms with Gasteiger partial charge < -0.3 is 10.1 Å². The van der Waals surface area contributed by atoms with E-state index < -0.39 is 0 Å². The second-order valence-corrected chi connectivity index (χ2v) is 5.86. The van der Waals surface area contributed by atoms with Crippen molar-refractivity contribution in [3.63, 3.8) is 0 Å². The maximum Gasteiger partial charge on any atom is 0.122 e. The number of ether oxygens (including phenoxy) is 1. The number of rotatable bonds is 6. The maximum absolute atomic E-state index is 5.67. The Morgan fingerprint density at radius 1 is 1.47 bits per heavy atom. The number of hydrogen-bond acceptors (Lipinski definition) is 3. The van der Waals surface area contributed by atoms with Crippen LogP contribution in [0.1, 0.15) is 24.8 Å². The Bertz CT molecular complexity index is 356. The predicted molar refractivity (Wildman–Crippen MR) is 75.1 cm³/mol. The average Bonchev–Trinajstić information content (AvgIpc) is 2.78. The van der Waals surface area contributed by atoms with Crippen molar-refractivity contribution >= 4 is 11.8 Å². The fourth-order valence-electron chi connectivity index (χ4n) is 2.10. The lowest BCUT2D eigenvalue weighted by molar-refractivity contribution is 0.326. The van der Waals surface area contributed by atoms with Gasteiger partial charge in [-0.15, -0.1) is 0 Å². The highest BCUT2D eigenvalue weighted by atomic mass is 32.2. The van der Waals surface area contributed by atoms with Gasteiger partial charge in [0.25, 0.3) is 0 Å². The summed E-state index contributed by atoms with van der Waals surface area (Å²) in [5.74, 6) is 1.59. The van der Waals surface area contributed by atoms with Crippen LogP contribution in [0.3, 0.4) is 0 Å². The van der Waals surface area contributed by atoms with Crippen molar-refractivity contribution in [1.29, 1.82) is 0 Å². The number of thioether (sulfide) groups is 1. The molecule has 0 fully saturated rings. The molecule has 0 spiro atoms. The fraction of sp³-hybridized carbons (Fsp3) is 0.571. The van der Waals surface area contributed by atoms with Crippen LogP contribution >= 0.6 is 11.8 Å². The summed E-state index contributed by atoms with van der Waals surface area (Å²) in [6.45, 7) is 5.23. The average molecular weight is 251 g/mol. The Morgan fingerprint density at radius 3 is 3.12 bits per heavy atom. The fourth-order valence-corrected chi connectivity index (χ4v) is 2.45. The zero-order valence-electron chi connectivity index (χ0n) is 10.6. The standard InChI is InChI=1S/C14H21NOS/c1-11(17-2)7-8-15-9-12-10-16-14-6-4-3-5-13(12)14/h3-6,11-12,15H,7-10H2,1-2H3. The zero-order valence-corrected chi connectivity index (χ0v) is 11.4. The first-order valence-corrected chi connectivity index (χ1v) is 7.55. The zero-order chi connectivity index (χ0) is 12.1. The van der Waals surface area contributed by atoms with Gasteiger partial charge in [-0.1, -0.05) is 25.1 Å². The lowest BCUT2D eigenvalue weighted by Crippen LogP contribution is -2.24. The lowest BCUT2D eigenvalue weighted by Gasteiger charge is -2.12. The molecule has 2 rings (SSSR count). The van der Waals surface area contributed by atoms with Crippen molar-refractivity contribution in [2.75, 3.05) is 26.0 Å². The van der Waals surface area contributed by atoms with Crippen LogP contribution in [0.15, 0.2) is 24.3 Å². The van der Waals surface area contributed by atoms with E-state index in [0.717, 1.165) is 30.7 Å². The topological polar surface area (TPSA) is 21.3 Å². The molecular formula is C14H21NOS. The smallest absolute Gasteiger partial charge is 0.122 e. The minimum atomic E-state index is 0.524. The number of fused-ring (bicyclic) bond motifs is 1. The van der Waals surface area contributed by atoms with E-state index in [1.807, 2.05) is 17.8 Å². The van der Waals surface area contributed by atoms with Gasteiger partial charge in [-0.2, -0.15) is 11.8 Å². The van der Waals surface area contributed by atoms with Crippen LogP contribution in [0, 0.1) is 0 Å². The Kier molecular flexibility index (Phi) is 4.75. The molecule has 3 heteroatoms. The monoisotopic (exact) mass is 251 g/mol. The van der Waals surface area contributed by atoms with Crippen molar-refractivity contribution in [3.05, 3.63) is 29.8 Å². The molecule has 2 atom stereocenters. The molecule has 94 valence electrons. The van der Waals surface area contributed by atoms with Crippen LogP contribution in [-0.4, -0.2) is 31.2 Å². The highest BCUT2D eigenvalue weighted by Crippen LogP contribution is 2.32. The number of hydrogen-bond donors (Lipinski definition) is 1. The quantitative estimate of drug-likeness (QED) is 0.786. The van der Waals surface area contributed by atoms with Gasteiger partial charge >= 0.3 is 0 Å². The molecule has 0 saturated heterocycles. The van der Waals surface area contributed by atoms with Crippen molar-refractivity contribution in [1.82, 2.24) is 5.32 Å². The summed E-state index contributed by atoms with van der Waals surface area (Å²) in [5.41, 5.74) is 1.36. The molecule has 0 bridgehead atoms. The van der Waals surface area contributed by atoms with Crippen LogP contribution in [0.25, 0.3) is 0 Å². The van der Waals surface area contributed by atoms with Gasteiger partial charge in [0.1, 0.15) is 5.75 Å². The van der Waals surface area contributed by atoms with Crippen LogP contribution in [0.4, 0.5) is 0 Å². The number of nitrogens with one attached hydrogen (secondary N) is 1. The highest BCUT2D eigenvalue weighted by Gasteiger charge is 2.22. The van der Waals surface area contributed by atoms with Gasteiger partial charge in [0.15, 0.2) is 0 Å². The van der Waals surface area contributed by atoms with Gasteiger partial charge in [0.2, 0.25) is 0 Å². The van der Waals surface area contributed by atoms with Crippen LogP contribution in [0.5, 0.6) is 5.75 Å². The molecule has 0 radical (unpaired) electrons. The molecule has 2 nitrogen and oxygen atoms in total. The van der Waals surface area contributed by atoms with Crippen molar-refractivity contribution < 1.29 is 4.74 Å². The summed E-state index contributed by atoms with van der Waals surface area (Å²) < 4.78 is 5.67. The summed E-state index contributed by atoms with van der Waals surface area (Å²) in [5, 5.41) is 4.29. The molecule has 1 aliphatic heterocycles. The van der Waals surface area contributed by atoms with Gasteiger partial charge in [-0.3, -0.25) is 0 Å². The normalized spacial score (nSPS) is 19.8. The van der Waals surface area contributed by atoms with E-state index in [0.29, 0.717) is 5.92 Å². The lowest BCUT2D eigenvalue weighted by atomic mass is 10.0. The van der Waals surface area contributed by atoms with E-state index in [4.69, 9.17) is 4.74 Å². The largest absolute Gasteiger partial charge is 0.493 e. The van der Waals surface area contributed by atoms with Crippen molar-refractivity contribution in [3.8, 4) is 5.75 Å². The van der Waals surface area contributed by atoms with E-state index in [9.17, 15) is 0 Å². The molecular weight excluding hydrogens is 230 g/mol. The first kappa shape index (κ1) is 12.8. The summed E-state index contributed by atoms with van der Waals surface area (Å²) in [7, 11) is 0. The SMILES string of the molecule is CSC(C)CCNCC1COc2ccccc21. The molecule has 1 aromatic rings. The summed E-state index contributed by atoms with van der Waals surface area (Å²) in [6, 6.07) is 8.37. The second kappa shape index (κ2) is 6.31. The molecule has 1 heterocycles. The summed E-state index contributed by atoms with van der Waals surface area (Å²) in [4.78, 5) is 0. The summed E-state index contributed by atoms with van der Waals surface area (Å²) in [6.07, 6.45) is 3.40. The third kappa shape index (κ3) is 3.39. The molecule has 0 saturated carbocycles. The van der Waals surface area contributed by atoms with E-state index in [1.165, 1.54) is 12.0 Å². The molecule has 2 unspecified atom stereocenters. The van der Waals surface area contributed by atoms with E-state index >= 15 is 0 Å². The minimum absolute atomic E-state index is 0.524. The Morgan fingerprint density at radius 2 is 2.29 bits per heavy atom. The first-order valence-electron chi connectivity index (χ1n) is 6.26. The predicted octanol–water partition coefficient (Wildman–Crippen LogP) is 2.89. The van der Waals surface area contributed by atoms with Crippen LogP contribution in [0.2, 0.25) is 0 Å². The van der Waals surface area contributed by atoms with Gasteiger partial charge in [0.05, 0.1) is 6.61 Å². The van der Waals surface area contributed by atoms with E-state index in [2.05, 4.69) is 36.7 Å². The molecule has 0 amide bonds. The Labute approximate surface area is 108 Å². The number of benzene rings is 1. The Hall–Kier alpha value is -0.670. The molecule has 1 aliphatic rings. The van der Waals surface area contributed by atoms with E-state index in [-0.39, 0.29) is 0 Å². The molecule has 1 N–H and O–H groups in total. The third-order valence-corrected chi connectivity index (χ3v) is 4.36. The van der Waals surface area contributed by atoms with Crippen LogP contribution < -0.4 is 10.1 Å². The number of para-hydroxylation sites is 1. The van der Waals surface area contributed by atoms with Crippen LogP contribution in [-0.2, 0) is 0 Å².